The van der Waals surface area contributed by atoms with Crippen LogP contribution in [0.15, 0.2) is 71.6 Å². The maximum absolute atomic E-state index is 13.3. The number of hydrogen-bond acceptors (Lipinski definition) is 3. The van der Waals surface area contributed by atoms with Crippen molar-refractivity contribution in [1.82, 2.24) is 4.31 Å². The van der Waals surface area contributed by atoms with Crippen LogP contribution in [-0.4, -0.2) is 25.2 Å². The molecule has 0 radical (unpaired) electrons. The van der Waals surface area contributed by atoms with E-state index in [0.29, 0.717) is 21.3 Å². The number of nitrogens with zero attached hydrogens (tertiary/aromatic N) is 1. The zero-order valence-electron chi connectivity index (χ0n) is 17.1. The van der Waals surface area contributed by atoms with Crippen LogP contribution < -0.4 is 5.32 Å². The van der Waals surface area contributed by atoms with Gasteiger partial charge in [-0.1, -0.05) is 47.5 Å². The Bertz CT molecular complexity index is 1180. The first kappa shape index (κ1) is 23.3. The van der Waals surface area contributed by atoms with Gasteiger partial charge in [0.15, 0.2) is 0 Å². The highest BCUT2D eigenvalue weighted by molar-refractivity contribution is 7.89. The molecule has 0 atom stereocenters. The van der Waals surface area contributed by atoms with Gasteiger partial charge in [0.25, 0.3) is 0 Å². The van der Waals surface area contributed by atoms with Gasteiger partial charge in [0, 0.05) is 22.3 Å². The van der Waals surface area contributed by atoms with E-state index in [1.54, 1.807) is 30.3 Å². The van der Waals surface area contributed by atoms with Crippen molar-refractivity contribution in [3.8, 4) is 0 Å². The Morgan fingerprint density at radius 3 is 2.10 bits per heavy atom. The van der Waals surface area contributed by atoms with Gasteiger partial charge < -0.3 is 5.32 Å². The summed E-state index contributed by atoms with van der Waals surface area (Å²) in [5.41, 5.74) is 3.33. The molecule has 0 aliphatic heterocycles. The number of sulfonamides is 1. The third kappa shape index (κ3) is 5.86. The number of halogens is 2. The molecule has 0 saturated carbocycles. The second-order valence-corrected chi connectivity index (χ2v) is 9.96. The Hall–Kier alpha value is -2.38. The largest absolute Gasteiger partial charge is 0.325 e. The van der Waals surface area contributed by atoms with Crippen LogP contribution in [0.5, 0.6) is 0 Å². The van der Waals surface area contributed by atoms with Gasteiger partial charge in [-0.15, -0.1) is 0 Å². The molecule has 5 nitrogen and oxygen atoms in total. The van der Waals surface area contributed by atoms with Gasteiger partial charge in [0.1, 0.15) is 0 Å². The van der Waals surface area contributed by atoms with E-state index in [4.69, 9.17) is 23.2 Å². The molecule has 8 heteroatoms. The molecule has 0 spiro atoms. The Morgan fingerprint density at radius 1 is 0.903 bits per heavy atom. The van der Waals surface area contributed by atoms with E-state index in [1.807, 2.05) is 26.0 Å². The zero-order chi connectivity index (χ0) is 22.6. The fourth-order valence-electron chi connectivity index (χ4n) is 3.01. The van der Waals surface area contributed by atoms with Crippen LogP contribution in [0.2, 0.25) is 10.0 Å². The summed E-state index contributed by atoms with van der Waals surface area (Å²) in [6.07, 6.45) is 0. The van der Waals surface area contributed by atoms with Crippen molar-refractivity contribution in [1.29, 1.82) is 0 Å². The van der Waals surface area contributed by atoms with E-state index in [0.717, 1.165) is 15.4 Å². The molecule has 3 aromatic rings. The molecule has 0 aromatic heterocycles. The third-order valence-electron chi connectivity index (χ3n) is 4.92. The minimum Gasteiger partial charge on any atom is -0.325 e. The highest BCUT2D eigenvalue weighted by atomic mass is 35.5. The van der Waals surface area contributed by atoms with Gasteiger partial charge >= 0.3 is 0 Å². The summed E-state index contributed by atoms with van der Waals surface area (Å²) < 4.78 is 27.7. The number of hydrogen-bond donors (Lipinski definition) is 1. The SMILES string of the molecule is Cc1cccc(NC(=O)CN(Cc2ccc(Cl)cc2)S(=O)(=O)c2ccc(Cl)cc2)c1C. The highest BCUT2D eigenvalue weighted by Gasteiger charge is 2.27. The Morgan fingerprint density at radius 2 is 1.48 bits per heavy atom. The molecule has 0 fully saturated rings. The molecule has 1 N–H and O–H groups in total. The molecule has 31 heavy (non-hydrogen) atoms. The summed E-state index contributed by atoms with van der Waals surface area (Å²) in [5.74, 6) is -0.430. The van der Waals surface area contributed by atoms with Crippen LogP contribution in [-0.2, 0) is 21.4 Å². The van der Waals surface area contributed by atoms with Crippen LogP contribution in [0, 0.1) is 13.8 Å². The first-order valence-corrected chi connectivity index (χ1v) is 11.7. The number of benzene rings is 3. The van der Waals surface area contributed by atoms with Gasteiger partial charge in [0.05, 0.1) is 11.4 Å². The molecule has 0 aliphatic rings. The minimum atomic E-state index is -3.95. The number of rotatable bonds is 7. The molecule has 0 heterocycles. The lowest BCUT2D eigenvalue weighted by Gasteiger charge is -2.22. The fourth-order valence-corrected chi connectivity index (χ4v) is 4.65. The molecule has 3 aromatic carbocycles. The van der Waals surface area contributed by atoms with Crippen molar-refractivity contribution in [3.05, 3.63) is 93.5 Å². The van der Waals surface area contributed by atoms with Crippen molar-refractivity contribution < 1.29 is 13.2 Å². The third-order valence-corrected chi connectivity index (χ3v) is 7.23. The number of amides is 1. The quantitative estimate of drug-likeness (QED) is 0.493. The van der Waals surface area contributed by atoms with E-state index in [-0.39, 0.29) is 18.0 Å². The number of aryl methyl sites for hydroxylation is 1. The first-order valence-electron chi connectivity index (χ1n) is 9.53. The average Bonchev–Trinajstić information content (AvgIpc) is 2.73. The van der Waals surface area contributed by atoms with Crippen molar-refractivity contribution in [2.24, 2.45) is 0 Å². The summed E-state index contributed by atoms with van der Waals surface area (Å²) >= 11 is 11.8. The molecular weight excluding hydrogens is 455 g/mol. The van der Waals surface area contributed by atoms with Gasteiger partial charge in [0.2, 0.25) is 15.9 Å². The Labute approximate surface area is 192 Å². The molecule has 0 saturated heterocycles. The zero-order valence-corrected chi connectivity index (χ0v) is 19.4. The van der Waals surface area contributed by atoms with Crippen LogP contribution in [0.4, 0.5) is 5.69 Å². The molecule has 0 bridgehead atoms. The van der Waals surface area contributed by atoms with Crippen LogP contribution >= 0.6 is 23.2 Å². The van der Waals surface area contributed by atoms with E-state index >= 15 is 0 Å². The smallest absolute Gasteiger partial charge is 0.243 e. The maximum Gasteiger partial charge on any atom is 0.243 e. The molecule has 162 valence electrons. The fraction of sp³-hybridized carbons (Fsp3) is 0.174. The van der Waals surface area contributed by atoms with Crippen LogP contribution in [0.3, 0.4) is 0 Å². The first-order chi connectivity index (χ1) is 14.7. The lowest BCUT2D eigenvalue weighted by Crippen LogP contribution is -2.37. The molecular formula is C23H22Cl2N2O3S. The molecule has 0 unspecified atom stereocenters. The van der Waals surface area contributed by atoms with E-state index < -0.39 is 15.9 Å². The van der Waals surface area contributed by atoms with Gasteiger partial charge in [-0.05, 0) is 73.0 Å². The summed E-state index contributed by atoms with van der Waals surface area (Å²) in [6.45, 7) is 3.52. The van der Waals surface area contributed by atoms with Gasteiger partial charge in [-0.2, -0.15) is 4.31 Å². The van der Waals surface area contributed by atoms with Crippen molar-refractivity contribution in [2.45, 2.75) is 25.3 Å². The van der Waals surface area contributed by atoms with E-state index in [2.05, 4.69) is 5.32 Å². The summed E-state index contributed by atoms with van der Waals surface area (Å²) in [7, 11) is -3.95. The van der Waals surface area contributed by atoms with Crippen molar-refractivity contribution >= 4 is 44.8 Å². The summed E-state index contributed by atoms with van der Waals surface area (Å²) in [6, 6.07) is 18.3. The lowest BCUT2D eigenvalue weighted by atomic mass is 10.1. The van der Waals surface area contributed by atoms with Crippen molar-refractivity contribution in [3.63, 3.8) is 0 Å². The number of anilines is 1. The Balaban J connectivity index is 1.89. The maximum atomic E-state index is 13.3. The Kier molecular flexibility index (Phi) is 7.38. The lowest BCUT2D eigenvalue weighted by molar-refractivity contribution is -0.116. The number of nitrogens with one attached hydrogen (secondary N) is 1. The van der Waals surface area contributed by atoms with Gasteiger partial charge in [-0.3, -0.25) is 4.79 Å². The van der Waals surface area contributed by atoms with Crippen LogP contribution in [0.1, 0.15) is 16.7 Å². The monoisotopic (exact) mass is 476 g/mol. The topological polar surface area (TPSA) is 66.5 Å². The summed E-state index contributed by atoms with van der Waals surface area (Å²) in [4.78, 5) is 12.9. The normalized spacial score (nSPS) is 11.5. The minimum absolute atomic E-state index is 0.0162. The molecule has 0 aliphatic carbocycles. The predicted molar refractivity (Wildman–Crippen MR) is 125 cm³/mol. The van der Waals surface area contributed by atoms with E-state index in [1.165, 1.54) is 24.3 Å². The standard InChI is InChI=1S/C23H22Cl2N2O3S/c1-16-4-3-5-22(17(16)2)26-23(28)15-27(14-18-6-8-19(24)9-7-18)31(29,30)21-12-10-20(25)11-13-21/h3-13H,14-15H2,1-2H3,(H,26,28). The number of carbonyl (C=O) groups excluding carboxylic acids is 1. The highest BCUT2D eigenvalue weighted by Crippen LogP contribution is 2.22. The second-order valence-electron chi connectivity index (χ2n) is 7.15. The van der Waals surface area contributed by atoms with E-state index in [9.17, 15) is 13.2 Å². The van der Waals surface area contributed by atoms with Crippen molar-refractivity contribution in [2.75, 3.05) is 11.9 Å². The second kappa shape index (κ2) is 9.83. The molecule has 3 rings (SSSR count). The van der Waals surface area contributed by atoms with Crippen LogP contribution in [0.25, 0.3) is 0 Å². The molecule has 1 amide bonds. The summed E-state index contributed by atoms with van der Waals surface area (Å²) in [5, 5.41) is 3.79. The van der Waals surface area contributed by atoms with Gasteiger partial charge in [-0.25, -0.2) is 8.42 Å². The predicted octanol–water partition coefficient (Wildman–Crippen LogP) is 5.44. The average molecular weight is 477 g/mol. The number of carbonyl (C=O) groups is 1.